The van der Waals surface area contributed by atoms with Gasteiger partial charge in [-0.05, 0) is 6.92 Å². The average molecular weight is 242 g/mol. The van der Waals surface area contributed by atoms with Crippen molar-refractivity contribution in [2.24, 2.45) is 5.73 Å². The molecule has 0 saturated carbocycles. The SMILES string of the molecule is CC(Cl)n1cc(C(N)=O)c(C(F)(F)F)n1. The minimum absolute atomic E-state index is 0.685. The minimum atomic E-state index is -4.72. The number of amides is 1. The molecule has 0 bridgehead atoms. The summed E-state index contributed by atoms with van der Waals surface area (Å²) in [5, 5.41) is 3.16. The van der Waals surface area contributed by atoms with Gasteiger partial charge in [0.05, 0.1) is 5.56 Å². The second-order valence-electron chi connectivity index (χ2n) is 2.81. The van der Waals surface area contributed by atoms with Crippen molar-refractivity contribution in [2.75, 3.05) is 0 Å². The first-order chi connectivity index (χ1) is 6.73. The molecule has 1 aromatic heterocycles. The summed E-state index contributed by atoms with van der Waals surface area (Å²) >= 11 is 5.52. The smallest absolute Gasteiger partial charge is 0.365 e. The molecule has 1 rings (SSSR count). The number of carbonyl (C=O) groups is 1. The Morgan fingerprint density at radius 3 is 2.47 bits per heavy atom. The molecular weight excluding hydrogens is 235 g/mol. The quantitative estimate of drug-likeness (QED) is 0.802. The maximum absolute atomic E-state index is 12.4. The fourth-order valence-electron chi connectivity index (χ4n) is 0.964. The molecule has 0 aliphatic heterocycles. The largest absolute Gasteiger partial charge is 0.435 e. The lowest BCUT2D eigenvalue weighted by molar-refractivity contribution is -0.141. The van der Waals surface area contributed by atoms with Gasteiger partial charge in [0.15, 0.2) is 5.69 Å². The van der Waals surface area contributed by atoms with Crippen molar-refractivity contribution >= 4 is 17.5 Å². The van der Waals surface area contributed by atoms with Crippen LogP contribution < -0.4 is 5.73 Å². The summed E-state index contributed by atoms with van der Waals surface area (Å²) in [4.78, 5) is 10.7. The van der Waals surface area contributed by atoms with Crippen molar-refractivity contribution in [1.82, 2.24) is 9.78 Å². The Bertz CT molecular complexity index is 385. The summed E-state index contributed by atoms with van der Waals surface area (Å²) in [7, 11) is 0. The maximum atomic E-state index is 12.4. The van der Waals surface area contributed by atoms with E-state index in [1.807, 2.05) is 0 Å². The van der Waals surface area contributed by atoms with Crippen LogP contribution in [0.4, 0.5) is 13.2 Å². The van der Waals surface area contributed by atoms with Gasteiger partial charge in [-0.15, -0.1) is 0 Å². The molecule has 0 aliphatic rings. The van der Waals surface area contributed by atoms with Gasteiger partial charge < -0.3 is 5.73 Å². The molecule has 1 aromatic rings. The molecule has 4 nitrogen and oxygen atoms in total. The molecule has 0 spiro atoms. The van der Waals surface area contributed by atoms with Crippen LogP contribution in [0.3, 0.4) is 0 Å². The van der Waals surface area contributed by atoms with Gasteiger partial charge in [0, 0.05) is 6.20 Å². The number of nitrogens with two attached hydrogens (primary N) is 1. The second-order valence-corrected chi connectivity index (χ2v) is 3.44. The predicted molar refractivity (Wildman–Crippen MR) is 46.3 cm³/mol. The molecule has 1 atom stereocenters. The minimum Gasteiger partial charge on any atom is -0.365 e. The van der Waals surface area contributed by atoms with E-state index < -0.39 is 28.8 Å². The standard InChI is InChI=1S/C7H7ClF3N3O/c1-3(8)14-2-4(6(12)15)5(13-14)7(9,10)11/h2-3H,1H3,(H2,12,15). The van der Waals surface area contributed by atoms with Crippen LogP contribution in [-0.4, -0.2) is 15.7 Å². The molecule has 15 heavy (non-hydrogen) atoms. The number of hydrogen-bond donors (Lipinski definition) is 1. The number of primary amides is 1. The van der Waals surface area contributed by atoms with Gasteiger partial charge in [-0.25, -0.2) is 0 Å². The van der Waals surface area contributed by atoms with Gasteiger partial charge in [0.25, 0.3) is 5.91 Å². The molecule has 0 aliphatic carbocycles. The number of rotatable bonds is 2. The fourth-order valence-corrected chi connectivity index (χ4v) is 1.06. The topological polar surface area (TPSA) is 60.9 Å². The summed E-state index contributed by atoms with van der Waals surface area (Å²) in [5.74, 6) is -1.19. The van der Waals surface area contributed by atoms with E-state index in [1.54, 1.807) is 0 Å². The van der Waals surface area contributed by atoms with E-state index in [1.165, 1.54) is 6.92 Å². The summed E-state index contributed by atoms with van der Waals surface area (Å²) in [6.07, 6.45) is -3.84. The first kappa shape index (κ1) is 11.8. The van der Waals surface area contributed by atoms with E-state index in [9.17, 15) is 18.0 Å². The monoisotopic (exact) mass is 241 g/mol. The maximum Gasteiger partial charge on any atom is 0.435 e. The highest BCUT2D eigenvalue weighted by molar-refractivity contribution is 6.18. The number of aromatic nitrogens is 2. The van der Waals surface area contributed by atoms with E-state index in [4.69, 9.17) is 17.3 Å². The van der Waals surface area contributed by atoms with E-state index in [0.717, 1.165) is 10.9 Å². The van der Waals surface area contributed by atoms with Gasteiger partial charge in [-0.1, -0.05) is 11.6 Å². The summed E-state index contributed by atoms with van der Waals surface area (Å²) in [6.45, 7) is 1.42. The number of alkyl halides is 4. The molecule has 1 unspecified atom stereocenters. The zero-order chi connectivity index (χ0) is 11.8. The first-order valence-electron chi connectivity index (χ1n) is 3.83. The molecule has 0 radical (unpaired) electrons. The van der Waals surface area contributed by atoms with E-state index >= 15 is 0 Å². The van der Waals surface area contributed by atoms with Crippen LogP contribution in [0, 0.1) is 0 Å². The van der Waals surface area contributed by atoms with Crippen LogP contribution in [0.15, 0.2) is 6.20 Å². The van der Waals surface area contributed by atoms with Crippen molar-refractivity contribution in [1.29, 1.82) is 0 Å². The molecule has 0 aromatic carbocycles. The lowest BCUT2D eigenvalue weighted by Crippen LogP contribution is -2.17. The van der Waals surface area contributed by atoms with Gasteiger partial charge in [-0.2, -0.15) is 18.3 Å². The summed E-state index contributed by atoms with van der Waals surface area (Å²) in [5.41, 5.74) is 1.99. The molecule has 0 fully saturated rings. The van der Waals surface area contributed by atoms with Gasteiger partial charge in [-0.3, -0.25) is 9.48 Å². The second kappa shape index (κ2) is 3.73. The van der Waals surface area contributed by atoms with Crippen LogP contribution in [0.1, 0.15) is 28.5 Å². The summed E-state index contributed by atoms with van der Waals surface area (Å²) < 4.78 is 37.9. The Labute approximate surface area is 87.8 Å². The fraction of sp³-hybridized carbons (Fsp3) is 0.429. The highest BCUT2D eigenvalue weighted by Crippen LogP contribution is 2.31. The van der Waals surface area contributed by atoms with Gasteiger partial charge in [0.2, 0.25) is 0 Å². The molecule has 1 amide bonds. The Hall–Kier alpha value is -1.24. The van der Waals surface area contributed by atoms with Crippen molar-refractivity contribution < 1.29 is 18.0 Å². The van der Waals surface area contributed by atoms with Crippen LogP contribution >= 0.6 is 11.6 Å². The van der Waals surface area contributed by atoms with Crippen molar-refractivity contribution in [3.8, 4) is 0 Å². The lowest BCUT2D eigenvalue weighted by atomic mass is 10.2. The molecule has 2 N–H and O–H groups in total. The first-order valence-corrected chi connectivity index (χ1v) is 4.27. The van der Waals surface area contributed by atoms with Crippen LogP contribution in [0.5, 0.6) is 0 Å². The third-order valence-electron chi connectivity index (χ3n) is 1.63. The average Bonchev–Trinajstić information content (AvgIpc) is 2.45. The normalized spacial score (nSPS) is 13.9. The zero-order valence-electron chi connectivity index (χ0n) is 7.55. The lowest BCUT2D eigenvalue weighted by Gasteiger charge is -2.03. The number of carbonyl (C=O) groups excluding carboxylic acids is 1. The Balaban J connectivity index is 3.30. The highest BCUT2D eigenvalue weighted by Gasteiger charge is 2.38. The molecule has 0 saturated heterocycles. The predicted octanol–water partition coefficient (Wildman–Crippen LogP) is 1.76. The van der Waals surface area contributed by atoms with E-state index in [2.05, 4.69) is 5.10 Å². The van der Waals surface area contributed by atoms with E-state index in [-0.39, 0.29) is 0 Å². The summed E-state index contributed by atoms with van der Waals surface area (Å²) in [6, 6.07) is 0. The van der Waals surface area contributed by atoms with Crippen LogP contribution in [0.25, 0.3) is 0 Å². The van der Waals surface area contributed by atoms with Crippen molar-refractivity contribution in [3.63, 3.8) is 0 Å². The Morgan fingerprint density at radius 1 is 1.67 bits per heavy atom. The van der Waals surface area contributed by atoms with Gasteiger partial charge >= 0.3 is 6.18 Å². The Kier molecular flexibility index (Phi) is 2.94. The van der Waals surface area contributed by atoms with Crippen molar-refractivity contribution in [3.05, 3.63) is 17.5 Å². The highest BCUT2D eigenvalue weighted by atomic mass is 35.5. The third-order valence-corrected chi connectivity index (χ3v) is 1.83. The molecular formula is C7H7ClF3N3O. The molecule has 84 valence electrons. The molecule has 8 heteroatoms. The number of hydrogen-bond acceptors (Lipinski definition) is 2. The molecule has 1 heterocycles. The van der Waals surface area contributed by atoms with E-state index in [0.29, 0.717) is 0 Å². The van der Waals surface area contributed by atoms with Crippen molar-refractivity contribution in [2.45, 2.75) is 18.6 Å². The van der Waals surface area contributed by atoms with Gasteiger partial charge in [0.1, 0.15) is 5.50 Å². The Morgan fingerprint density at radius 2 is 2.20 bits per heavy atom. The number of halogens is 4. The zero-order valence-corrected chi connectivity index (χ0v) is 8.30. The van der Waals surface area contributed by atoms with Crippen LogP contribution in [-0.2, 0) is 6.18 Å². The number of nitrogens with zero attached hydrogens (tertiary/aromatic N) is 2. The third kappa shape index (κ3) is 2.41. The van der Waals surface area contributed by atoms with Crippen LogP contribution in [0.2, 0.25) is 0 Å².